The number of hydrogen-bond acceptors (Lipinski definition) is 4. The van der Waals surface area contributed by atoms with Gasteiger partial charge < -0.3 is 9.64 Å². The molecule has 0 unspecified atom stereocenters. The number of nitrogens with zero attached hydrogens (tertiary/aromatic N) is 4. The summed E-state index contributed by atoms with van der Waals surface area (Å²) in [6, 6.07) is 6.26. The molecule has 3 aromatic rings. The van der Waals surface area contributed by atoms with Crippen LogP contribution in [0.4, 0.5) is 5.82 Å². The van der Waals surface area contributed by atoms with Crippen molar-refractivity contribution in [3.63, 3.8) is 0 Å². The second kappa shape index (κ2) is 9.90. The van der Waals surface area contributed by atoms with E-state index in [1.807, 2.05) is 6.07 Å². The lowest BCUT2D eigenvalue weighted by Gasteiger charge is -2.23. The van der Waals surface area contributed by atoms with Gasteiger partial charge in [0.05, 0.1) is 12.8 Å². The second-order valence-electron chi connectivity index (χ2n) is 8.57. The number of anilines is 1. The molecule has 1 aromatic carbocycles. The molecule has 4 rings (SSSR count). The highest BCUT2D eigenvalue weighted by Gasteiger charge is 2.26. The van der Waals surface area contributed by atoms with Crippen LogP contribution in [0.15, 0.2) is 18.2 Å². The molecule has 0 fully saturated rings. The van der Waals surface area contributed by atoms with Crippen LogP contribution in [-0.4, -0.2) is 35.3 Å². The molecule has 5 nitrogen and oxygen atoms in total. The van der Waals surface area contributed by atoms with E-state index in [1.54, 1.807) is 7.11 Å². The number of ether oxygens (including phenoxy) is 1. The van der Waals surface area contributed by atoms with Crippen LogP contribution in [0.3, 0.4) is 0 Å². The van der Waals surface area contributed by atoms with Gasteiger partial charge in [-0.2, -0.15) is 9.61 Å². The molecule has 31 heavy (non-hydrogen) atoms. The quantitative estimate of drug-likeness (QED) is 0.404. The number of unbranched alkanes of at least 4 members (excludes halogenated alkanes) is 3. The Morgan fingerprint density at radius 3 is 2.65 bits per heavy atom. The molecular weight excluding hydrogens is 408 g/mol. The van der Waals surface area contributed by atoms with Gasteiger partial charge in [0.1, 0.15) is 11.6 Å². The van der Waals surface area contributed by atoms with Crippen LogP contribution in [0, 0.1) is 13.8 Å². The summed E-state index contributed by atoms with van der Waals surface area (Å²) >= 11 is 0. The van der Waals surface area contributed by atoms with Crippen LogP contribution >= 0.6 is 12.4 Å². The Kier molecular flexibility index (Phi) is 7.47. The van der Waals surface area contributed by atoms with Crippen molar-refractivity contribution < 1.29 is 4.74 Å². The van der Waals surface area contributed by atoms with E-state index in [0.29, 0.717) is 0 Å². The van der Waals surface area contributed by atoms with Crippen LogP contribution in [0.1, 0.15) is 61.5 Å². The number of hydrogen-bond donors (Lipinski definition) is 0. The molecule has 0 saturated heterocycles. The topological polar surface area (TPSA) is 42.7 Å². The number of methoxy groups -OCH3 is 1. The Morgan fingerprint density at radius 2 is 1.94 bits per heavy atom. The van der Waals surface area contributed by atoms with Gasteiger partial charge in [-0.1, -0.05) is 32.3 Å². The molecule has 1 aliphatic carbocycles. The highest BCUT2D eigenvalue weighted by atomic mass is 35.5. The Labute approximate surface area is 192 Å². The fourth-order valence-corrected chi connectivity index (χ4v) is 4.75. The number of fused-ring (bicyclic) bond motifs is 2. The van der Waals surface area contributed by atoms with E-state index in [-0.39, 0.29) is 12.4 Å². The maximum atomic E-state index is 5.41. The zero-order valence-corrected chi connectivity index (χ0v) is 20.3. The van der Waals surface area contributed by atoms with Gasteiger partial charge in [-0.05, 0) is 62.8 Å². The maximum Gasteiger partial charge on any atom is 0.165 e. The SMILES string of the molecule is CCCCCCN(C)c1c2c(nc3c(-c4ccc(OC)cc4C)c(C)nn13)CCC2.Cl. The average Bonchev–Trinajstić information content (AvgIpc) is 3.32. The van der Waals surface area contributed by atoms with Gasteiger partial charge in [0.15, 0.2) is 5.65 Å². The van der Waals surface area contributed by atoms with Crippen molar-refractivity contribution in [1.82, 2.24) is 14.6 Å². The van der Waals surface area contributed by atoms with Crippen molar-refractivity contribution in [1.29, 1.82) is 0 Å². The summed E-state index contributed by atoms with van der Waals surface area (Å²) in [5, 5.41) is 5.00. The van der Waals surface area contributed by atoms with E-state index in [4.69, 9.17) is 14.8 Å². The van der Waals surface area contributed by atoms with E-state index in [2.05, 4.69) is 49.4 Å². The fraction of sp³-hybridized carbons (Fsp3) is 0.520. The summed E-state index contributed by atoms with van der Waals surface area (Å²) in [6.07, 6.45) is 8.42. The highest BCUT2D eigenvalue weighted by molar-refractivity contribution is 5.85. The normalized spacial score (nSPS) is 12.7. The third-order valence-corrected chi connectivity index (χ3v) is 6.35. The van der Waals surface area contributed by atoms with Crippen molar-refractivity contribution in [3.05, 3.63) is 40.7 Å². The van der Waals surface area contributed by atoms with E-state index < -0.39 is 0 Å². The number of rotatable bonds is 8. The van der Waals surface area contributed by atoms with Gasteiger partial charge in [-0.15, -0.1) is 12.4 Å². The molecule has 2 aromatic heterocycles. The summed E-state index contributed by atoms with van der Waals surface area (Å²) in [5.41, 5.74) is 8.17. The number of benzene rings is 1. The van der Waals surface area contributed by atoms with Gasteiger partial charge in [0.2, 0.25) is 0 Å². The average molecular weight is 443 g/mol. The molecule has 0 aliphatic heterocycles. The molecule has 0 bridgehead atoms. The minimum absolute atomic E-state index is 0. The van der Waals surface area contributed by atoms with Crippen molar-refractivity contribution in [2.75, 3.05) is 25.6 Å². The Balaban J connectivity index is 0.00000272. The largest absolute Gasteiger partial charge is 0.497 e. The number of aryl methyl sites for hydroxylation is 3. The highest BCUT2D eigenvalue weighted by Crippen LogP contribution is 2.37. The molecule has 0 N–H and O–H groups in total. The summed E-state index contributed by atoms with van der Waals surface area (Å²) in [7, 11) is 3.93. The molecule has 1 aliphatic rings. The Hall–Kier alpha value is -2.27. The molecule has 0 spiro atoms. The van der Waals surface area contributed by atoms with Crippen LogP contribution in [-0.2, 0) is 12.8 Å². The first-order valence-corrected chi connectivity index (χ1v) is 11.3. The molecule has 0 atom stereocenters. The standard InChI is InChI=1S/C25H34N4O.ClH/c1-6-7-8-9-15-28(4)25-21-11-10-12-22(21)26-24-23(18(3)27-29(24)25)20-14-13-19(30-5)16-17(20)2;/h13-14,16H,6-12,15H2,1-5H3;1H. The predicted molar refractivity (Wildman–Crippen MR) is 131 cm³/mol. The third kappa shape index (κ3) is 4.38. The van der Waals surface area contributed by atoms with Gasteiger partial charge in [-0.25, -0.2) is 4.98 Å². The van der Waals surface area contributed by atoms with Crippen LogP contribution in [0.2, 0.25) is 0 Å². The maximum absolute atomic E-state index is 5.41. The molecular formula is C25H35ClN4O. The zero-order valence-electron chi connectivity index (χ0n) is 19.5. The van der Waals surface area contributed by atoms with Crippen molar-refractivity contribution in [2.45, 2.75) is 65.7 Å². The molecule has 168 valence electrons. The zero-order chi connectivity index (χ0) is 21.3. The lowest BCUT2D eigenvalue weighted by atomic mass is 10.0. The minimum Gasteiger partial charge on any atom is -0.497 e. The first-order chi connectivity index (χ1) is 14.5. The molecule has 0 saturated carbocycles. The van der Waals surface area contributed by atoms with E-state index in [0.717, 1.165) is 42.0 Å². The van der Waals surface area contributed by atoms with Crippen LogP contribution < -0.4 is 9.64 Å². The second-order valence-corrected chi connectivity index (χ2v) is 8.57. The first-order valence-electron chi connectivity index (χ1n) is 11.3. The lowest BCUT2D eigenvalue weighted by molar-refractivity contribution is 0.414. The molecule has 6 heteroatoms. The smallest absolute Gasteiger partial charge is 0.165 e. The summed E-state index contributed by atoms with van der Waals surface area (Å²) in [5.74, 6) is 2.12. The monoisotopic (exact) mass is 442 g/mol. The minimum atomic E-state index is 0. The van der Waals surface area contributed by atoms with Gasteiger partial charge in [-0.3, -0.25) is 0 Å². The Morgan fingerprint density at radius 1 is 1.13 bits per heavy atom. The fourth-order valence-electron chi connectivity index (χ4n) is 4.75. The van der Waals surface area contributed by atoms with E-state index in [1.165, 1.54) is 60.3 Å². The predicted octanol–water partition coefficient (Wildman–Crippen LogP) is 5.95. The van der Waals surface area contributed by atoms with Gasteiger partial charge in [0, 0.05) is 30.4 Å². The van der Waals surface area contributed by atoms with Crippen molar-refractivity contribution >= 4 is 23.9 Å². The first kappa shape index (κ1) is 23.4. The lowest BCUT2D eigenvalue weighted by Crippen LogP contribution is -2.24. The Bertz CT molecular complexity index is 1060. The van der Waals surface area contributed by atoms with E-state index >= 15 is 0 Å². The van der Waals surface area contributed by atoms with Crippen molar-refractivity contribution in [2.24, 2.45) is 0 Å². The van der Waals surface area contributed by atoms with Gasteiger partial charge >= 0.3 is 0 Å². The summed E-state index contributed by atoms with van der Waals surface area (Å²) < 4.78 is 7.52. The molecule has 2 heterocycles. The molecule has 0 amide bonds. The van der Waals surface area contributed by atoms with Crippen molar-refractivity contribution in [3.8, 4) is 16.9 Å². The molecule has 0 radical (unpaired) electrons. The number of halogens is 1. The number of aromatic nitrogens is 3. The van der Waals surface area contributed by atoms with Crippen LogP contribution in [0.5, 0.6) is 5.75 Å². The van der Waals surface area contributed by atoms with Gasteiger partial charge in [0.25, 0.3) is 0 Å². The summed E-state index contributed by atoms with van der Waals surface area (Å²) in [6.45, 7) is 7.55. The third-order valence-electron chi connectivity index (χ3n) is 6.35. The van der Waals surface area contributed by atoms with E-state index in [9.17, 15) is 0 Å². The van der Waals surface area contributed by atoms with Crippen LogP contribution in [0.25, 0.3) is 16.8 Å². The summed E-state index contributed by atoms with van der Waals surface area (Å²) in [4.78, 5) is 7.54.